The number of hydrogen-bond donors (Lipinski definition) is 12. The Morgan fingerprint density at radius 1 is 1.00 bits per heavy atom. The van der Waals surface area contributed by atoms with E-state index >= 15 is 0 Å². The molecule has 0 fully saturated rings. The first-order chi connectivity index (χ1) is 23.0. The Morgan fingerprint density at radius 2 is 1.63 bits per heavy atom. The normalized spacial score (nSPS) is 18.6. The van der Waals surface area contributed by atoms with Crippen molar-refractivity contribution in [1.82, 2.24) is 26.6 Å². The molecule has 0 aliphatic carbocycles. The van der Waals surface area contributed by atoms with Crippen LogP contribution < -0.4 is 38.1 Å². The van der Waals surface area contributed by atoms with Gasteiger partial charge in [0.1, 0.15) is 47.5 Å². The average molecular weight is 689 g/mol. The lowest BCUT2D eigenvalue weighted by molar-refractivity contribution is -0.146. The van der Waals surface area contributed by atoms with Crippen LogP contribution in [0.3, 0.4) is 0 Å². The van der Waals surface area contributed by atoms with Crippen molar-refractivity contribution in [3.8, 4) is 0 Å². The largest absolute Gasteiger partial charge is 0.480 e. The van der Waals surface area contributed by atoms with Crippen molar-refractivity contribution in [1.29, 1.82) is 5.41 Å². The molecule has 0 saturated carbocycles. The maximum atomic E-state index is 13.3. The second kappa shape index (κ2) is 16.5. The van der Waals surface area contributed by atoms with Crippen LogP contribution in [0.15, 0.2) is 34.3 Å². The third-order valence-corrected chi connectivity index (χ3v) is 8.18. The molecule has 0 spiro atoms. The Bertz CT molecular complexity index is 1620. The number of aryl methyl sites for hydroxylation is 2. The number of aliphatic carboxylic acids is 1. The molecule has 8 atom stereocenters. The van der Waals surface area contributed by atoms with E-state index in [4.69, 9.17) is 21.3 Å². The number of amides is 4. The van der Waals surface area contributed by atoms with Gasteiger partial charge in [0.2, 0.25) is 23.6 Å². The second-order valence-corrected chi connectivity index (χ2v) is 11.9. The van der Waals surface area contributed by atoms with Gasteiger partial charge < -0.3 is 62.9 Å². The van der Waals surface area contributed by atoms with Crippen LogP contribution in [0.4, 0.5) is 0 Å². The number of benzene rings is 1. The van der Waals surface area contributed by atoms with E-state index in [1.165, 1.54) is 13.8 Å². The number of aliphatic hydroxyl groups is 3. The number of amidine groups is 1. The van der Waals surface area contributed by atoms with Gasteiger partial charge in [-0.3, -0.25) is 24.6 Å². The summed E-state index contributed by atoms with van der Waals surface area (Å²) in [5.41, 5.74) is 13.6. The Kier molecular flexibility index (Phi) is 13.0. The van der Waals surface area contributed by atoms with Crippen molar-refractivity contribution in [2.24, 2.45) is 11.5 Å². The molecule has 14 N–H and O–H groups in total. The van der Waals surface area contributed by atoms with Crippen molar-refractivity contribution in [2.75, 3.05) is 13.2 Å². The predicted molar refractivity (Wildman–Crippen MR) is 175 cm³/mol. The summed E-state index contributed by atoms with van der Waals surface area (Å²) in [5, 5.41) is 61.0. The van der Waals surface area contributed by atoms with E-state index in [1.54, 1.807) is 25.1 Å². The summed E-state index contributed by atoms with van der Waals surface area (Å²) in [6.07, 6.45) is -1.58. The van der Waals surface area contributed by atoms with Gasteiger partial charge in [0.15, 0.2) is 6.04 Å². The van der Waals surface area contributed by atoms with Crippen LogP contribution >= 0.6 is 0 Å². The van der Waals surface area contributed by atoms with Crippen molar-refractivity contribution < 1.29 is 48.8 Å². The lowest BCUT2D eigenvalue weighted by atomic mass is 9.98. The first-order valence-corrected chi connectivity index (χ1v) is 15.4. The van der Waals surface area contributed by atoms with E-state index in [0.717, 1.165) is 5.56 Å². The number of nitrogens with two attached hydrogens (primary N) is 2. The van der Waals surface area contributed by atoms with Crippen molar-refractivity contribution >= 4 is 46.4 Å². The van der Waals surface area contributed by atoms with Gasteiger partial charge in [0.05, 0.1) is 18.8 Å². The van der Waals surface area contributed by atoms with E-state index in [2.05, 4.69) is 26.6 Å². The highest BCUT2D eigenvalue weighted by molar-refractivity contribution is 5.96. The summed E-state index contributed by atoms with van der Waals surface area (Å²) in [7, 11) is 0. The Morgan fingerprint density at radius 3 is 2.20 bits per heavy atom. The molecule has 18 nitrogen and oxygen atoms in total. The smallest absolute Gasteiger partial charge is 0.329 e. The number of carbonyl (C=O) groups excluding carboxylic acids is 4. The Balaban J connectivity index is 1.71. The number of furan rings is 1. The number of carboxylic acid groups (broad SMARTS) is 1. The maximum Gasteiger partial charge on any atom is 0.329 e. The van der Waals surface area contributed by atoms with E-state index in [-0.39, 0.29) is 18.0 Å². The molecule has 1 aromatic carbocycles. The third kappa shape index (κ3) is 9.18. The van der Waals surface area contributed by atoms with Gasteiger partial charge in [0.25, 0.3) is 0 Å². The fourth-order valence-electron chi connectivity index (χ4n) is 5.36. The van der Waals surface area contributed by atoms with E-state index in [9.17, 15) is 44.4 Å². The first kappa shape index (κ1) is 38.6. The lowest BCUT2D eigenvalue weighted by Gasteiger charge is -2.26. The van der Waals surface area contributed by atoms with Crippen LogP contribution in [-0.4, -0.2) is 111 Å². The molecule has 49 heavy (non-hydrogen) atoms. The molecule has 0 saturated heterocycles. The molecular weight excluding hydrogens is 644 g/mol. The second-order valence-electron chi connectivity index (χ2n) is 11.9. The summed E-state index contributed by atoms with van der Waals surface area (Å²) >= 11 is 0. The molecular formula is C31H44N8O10. The highest BCUT2D eigenvalue weighted by Crippen LogP contribution is 2.33. The SMILES string of the molecule is Cc1cccc2oc(C(O)C(NC(=O)C(C)NC(=O)C(CO)NC(=O)C(CC3=CCNC3C(=N)N)NC(=O)C(N)C(C)O)C(=O)O)c(C)c12. The molecule has 1 aliphatic heterocycles. The van der Waals surface area contributed by atoms with Crippen molar-refractivity contribution in [3.05, 3.63) is 46.7 Å². The van der Waals surface area contributed by atoms with Gasteiger partial charge in [-0.25, -0.2) is 4.79 Å². The number of carboxylic acids is 1. The molecule has 3 rings (SSSR count). The Labute approximate surface area is 281 Å². The van der Waals surface area contributed by atoms with Crippen LogP contribution in [-0.2, 0) is 24.0 Å². The van der Waals surface area contributed by atoms with Crippen LogP contribution in [0.1, 0.15) is 43.3 Å². The minimum atomic E-state index is -1.88. The highest BCUT2D eigenvalue weighted by atomic mass is 16.4. The molecule has 4 amide bonds. The molecule has 1 aromatic heterocycles. The van der Waals surface area contributed by atoms with Crippen LogP contribution in [0, 0.1) is 19.3 Å². The zero-order valence-corrected chi connectivity index (χ0v) is 27.4. The van der Waals surface area contributed by atoms with Gasteiger partial charge in [-0.1, -0.05) is 18.2 Å². The van der Waals surface area contributed by atoms with Gasteiger partial charge >= 0.3 is 5.97 Å². The molecule has 1 aliphatic rings. The first-order valence-electron chi connectivity index (χ1n) is 15.4. The fraction of sp³-hybridized carbons (Fsp3) is 0.484. The zero-order chi connectivity index (χ0) is 36.7. The number of hydrogen-bond acceptors (Lipinski definition) is 12. The fourth-order valence-corrected chi connectivity index (χ4v) is 5.36. The summed E-state index contributed by atoms with van der Waals surface area (Å²) in [6.45, 7) is 5.34. The van der Waals surface area contributed by atoms with Gasteiger partial charge in [-0.15, -0.1) is 0 Å². The summed E-state index contributed by atoms with van der Waals surface area (Å²) in [5.74, 6) is -5.77. The summed E-state index contributed by atoms with van der Waals surface area (Å²) in [6, 6.07) is -3.25. The number of aliphatic hydroxyl groups excluding tert-OH is 3. The molecule has 0 bridgehead atoms. The lowest BCUT2D eigenvalue weighted by Crippen LogP contribution is -2.60. The van der Waals surface area contributed by atoms with Gasteiger partial charge in [-0.05, 0) is 51.3 Å². The van der Waals surface area contributed by atoms with E-state index in [0.29, 0.717) is 28.7 Å². The van der Waals surface area contributed by atoms with E-state index in [1.807, 2.05) is 13.0 Å². The average Bonchev–Trinajstić information content (AvgIpc) is 3.65. The molecule has 8 unspecified atom stereocenters. The minimum absolute atomic E-state index is 0.0634. The highest BCUT2D eigenvalue weighted by Gasteiger charge is 2.36. The van der Waals surface area contributed by atoms with E-state index < -0.39 is 84.7 Å². The Hall–Kier alpha value is -4.88. The van der Waals surface area contributed by atoms with Crippen molar-refractivity contribution in [3.63, 3.8) is 0 Å². The molecule has 2 heterocycles. The zero-order valence-electron chi connectivity index (χ0n) is 27.4. The van der Waals surface area contributed by atoms with Gasteiger partial charge in [-0.2, -0.15) is 0 Å². The standard InChI is InChI=1S/C31H44N8O10/c1-12-6-5-7-19-20(12)13(2)25(49-19)24(42)23(31(47)48)39-27(43)14(3)36-29(45)18(11-40)38-28(44)17(37-30(46)21(32)15(4)41)10-16-8-9-35-22(16)26(33)34/h5-8,14-15,17-18,21-24,35,40-42H,9-11,32H2,1-4H3,(H3,33,34)(H,36,45)(H,37,46)(H,38,44)(H,39,43)(H,47,48). The maximum absolute atomic E-state index is 13.3. The van der Waals surface area contributed by atoms with Crippen LogP contribution in [0.2, 0.25) is 0 Å². The molecule has 18 heteroatoms. The summed E-state index contributed by atoms with van der Waals surface area (Å²) in [4.78, 5) is 64.1. The number of fused-ring (bicyclic) bond motifs is 1. The molecule has 0 radical (unpaired) electrons. The number of rotatable bonds is 16. The third-order valence-electron chi connectivity index (χ3n) is 8.18. The minimum Gasteiger partial charge on any atom is -0.480 e. The molecule has 268 valence electrons. The quantitative estimate of drug-likeness (QED) is 0.0477. The topological polar surface area (TPSA) is 315 Å². The van der Waals surface area contributed by atoms with Crippen molar-refractivity contribution in [2.45, 2.75) is 82.6 Å². The monoisotopic (exact) mass is 688 g/mol. The number of nitrogens with one attached hydrogen (secondary N) is 6. The number of carbonyl (C=O) groups is 5. The van der Waals surface area contributed by atoms with Gasteiger partial charge in [0, 0.05) is 17.5 Å². The van der Waals surface area contributed by atoms with Crippen LogP contribution in [0.25, 0.3) is 11.0 Å². The van der Waals surface area contributed by atoms with Crippen LogP contribution in [0.5, 0.6) is 0 Å². The summed E-state index contributed by atoms with van der Waals surface area (Å²) < 4.78 is 5.72. The predicted octanol–water partition coefficient (Wildman–Crippen LogP) is -2.95. The molecule has 2 aromatic rings.